The van der Waals surface area contributed by atoms with Crippen molar-refractivity contribution in [3.05, 3.63) is 40.3 Å². The van der Waals surface area contributed by atoms with Crippen molar-refractivity contribution in [1.82, 2.24) is 14.7 Å². The van der Waals surface area contributed by atoms with Crippen LogP contribution in [0.25, 0.3) is 10.8 Å². The van der Waals surface area contributed by atoms with Crippen molar-refractivity contribution in [1.29, 1.82) is 0 Å². The van der Waals surface area contributed by atoms with E-state index >= 15 is 0 Å². The lowest BCUT2D eigenvalue weighted by atomic mass is 10.1. The number of carbonyl (C=O) groups is 1. The van der Waals surface area contributed by atoms with Crippen LogP contribution in [-0.2, 0) is 16.4 Å². The molecular weight excluding hydrogens is 354 g/mol. The Kier molecular flexibility index (Phi) is 5.13. The van der Waals surface area contributed by atoms with Crippen LogP contribution in [0, 0.1) is 0 Å². The number of fused-ring (bicyclic) bond motifs is 1. The smallest absolute Gasteiger partial charge is 0.275 e. The summed E-state index contributed by atoms with van der Waals surface area (Å²) in [6.07, 6.45) is 1.16. The van der Waals surface area contributed by atoms with Gasteiger partial charge in [-0.25, -0.2) is 13.1 Å². The van der Waals surface area contributed by atoms with Gasteiger partial charge in [-0.3, -0.25) is 9.59 Å². The molecule has 1 aliphatic heterocycles. The Balaban J connectivity index is 2.09. The maximum absolute atomic E-state index is 13.2. The molecule has 2 heterocycles. The summed E-state index contributed by atoms with van der Waals surface area (Å²) in [5.74, 6) is -0.236. The van der Waals surface area contributed by atoms with Crippen LogP contribution in [0.15, 0.2) is 29.1 Å². The van der Waals surface area contributed by atoms with Crippen LogP contribution >= 0.6 is 0 Å². The van der Waals surface area contributed by atoms with Crippen molar-refractivity contribution in [2.75, 3.05) is 18.1 Å². The van der Waals surface area contributed by atoms with E-state index in [0.29, 0.717) is 30.3 Å². The maximum atomic E-state index is 13.2. The molecule has 1 aromatic carbocycles. The summed E-state index contributed by atoms with van der Waals surface area (Å²) >= 11 is 0. The number of aryl methyl sites for hydroxylation is 1. The molecule has 0 spiro atoms. The highest BCUT2D eigenvalue weighted by molar-refractivity contribution is 7.91. The Morgan fingerprint density at radius 1 is 1.27 bits per heavy atom. The normalized spacial score (nSPS) is 18.9. The van der Waals surface area contributed by atoms with Gasteiger partial charge in [0.1, 0.15) is 0 Å². The summed E-state index contributed by atoms with van der Waals surface area (Å²) in [5.41, 5.74) is -0.00899. The van der Waals surface area contributed by atoms with Crippen LogP contribution < -0.4 is 5.56 Å². The van der Waals surface area contributed by atoms with Gasteiger partial charge in [0.15, 0.2) is 15.5 Å². The molecule has 140 valence electrons. The van der Waals surface area contributed by atoms with Gasteiger partial charge in [0.25, 0.3) is 11.5 Å². The van der Waals surface area contributed by atoms with Gasteiger partial charge in [0.05, 0.1) is 16.9 Å². The number of hydrogen-bond donors (Lipinski definition) is 0. The number of hydrogen-bond acceptors (Lipinski definition) is 5. The van der Waals surface area contributed by atoms with E-state index < -0.39 is 9.84 Å². The first-order chi connectivity index (χ1) is 12.4. The van der Waals surface area contributed by atoms with Gasteiger partial charge >= 0.3 is 0 Å². The van der Waals surface area contributed by atoms with Gasteiger partial charge in [0, 0.05) is 24.5 Å². The second-order valence-electron chi connectivity index (χ2n) is 6.57. The Labute approximate surface area is 152 Å². The molecule has 0 aliphatic carbocycles. The third-order valence-corrected chi connectivity index (χ3v) is 6.51. The van der Waals surface area contributed by atoms with Gasteiger partial charge < -0.3 is 4.90 Å². The number of carbonyl (C=O) groups excluding carboxylic acids is 1. The maximum Gasteiger partial charge on any atom is 0.275 e. The van der Waals surface area contributed by atoms with Crippen LogP contribution in [0.3, 0.4) is 0 Å². The number of benzene rings is 1. The molecule has 2 aromatic rings. The van der Waals surface area contributed by atoms with E-state index in [0.717, 1.165) is 6.42 Å². The largest absolute Gasteiger partial charge is 0.333 e. The Morgan fingerprint density at radius 3 is 2.54 bits per heavy atom. The van der Waals surface area contributed by atoms with Crippen LogP contribution in [0.4, 0.5) is 0 Å². The van der Waals surface area contributed by atoms with Gasteiger partial charge in [-0.15, -0.1) is 0 Å². The second kappa shape index (κ2) is 7.19. The molecule has 1 unspecified atom stereocenters. The Hall–Kier alpha value is -2.22. The average Bonchev–Trinajstić information content (AvgIpc) is 2.97. The van der Waals surface area contributed by atoms with Gasteiger partial charge in [-0.1, -0.05) is 25.1 Å². The fourth-order valence-electron chi connectivity index (χ4n) is 3.48. The lowest BCUT2D eigenvalue weighted by Crippen LogP contribution is -2.42. The van der Waals surface area contributed by atoms with Gasteiger partial charge in [-0.05, 0) is 25.8 Å². The molecule has 7 nitrogen and oxygen atoms in total. The summed E-state index contributed by atoms with van der Waals surface area (Å²) in [6, 6.07) is 6.59. The first kappa shape index (κ1) is 18.6. The van der Waals surface area contributed by atoms with Crippen molar-refractivity contribution in [2.24, 2.45) is 0 Å². The van der Waals surface area contributed by atoms with Crippen molar-refractivity contribution < 1.29 is 13.2 Å². The molecule has 1 fully saturated rings. The standard InChI is InChI=1S/C18H23N3O4S/c1-3-10-21-17(22)15-8-6-5-7-14(15)16(19-21)18(23)20(4-2)13-9-11-26(24,25)12-13/h5-8,13H,3-4,9-12H2,1-2H3. The van der Waals surface area contributed by atoms with Crippen molar-refractivity contribution in [2.45, 2.75) is 39.3 Å². The summed E-state index contributed by atoms with van der Waals surface area (Å²) in [5, 5.41) is 5.29. The van der Waals surface area contributed by atoms with E-state index in [2.05, 4.69) is 5.10 Å². The molecule has 0 radical (unpaired) electrons. The lowest BCUT2D eigenvalue weighted by molar-refractivity contribution is 0.0702. The zero-order valence-corrected chi connectivity index (χ0v) is 15.8. The number of nitrogens with zero attached hydrogens (tertiary/aromatic N) is 3. The number of aromatic nitrogens is 2. The van der Waals surface area contributed by atoms with Gasteiger partial charge in [0.2, 0.25) is 0 Å². The topological polar surface area (TPSA) is 89.3 Å². The highest BCUT2D eigenvalue weighted by Crippen LogP contribution is 2.22. The average molecular weight is 377 g/mol. The van der Waals surface area contributed by atoms with E-state index in [-0.39, 0.29) is 34.7 Å². The molecule has 1 aliphatic rings. The van der Waals surface area contributed by atoms with Gasteiger partial charge in [-0.2, -0.15) is 5.10 Å². The molecule has 3 rings (SSSR count). The molecule has 0 bridgehead atoms. The highest BCUT2D eigenvalue weighted by Gasteiger charge is 2.35. The SMILES string of the molecule is CCCn1nc(C(=O)N(CC)C2CCS(=O)(=O)C2)c2ccccc2c1=O. The highest BCUT2D eigenvalue weighted by atomic mass is 32.2. The molecule has 1 amide bonds. The van der Waals surface area contributed by atoms with Crippen LogP contribution in [0.1, 0.15) is 37.2 Å². The third-order valence-electron chi connectivity index (χ3n) is 4.76. The van der Waals surface area contributed by atoms with E-state index in [1.54, 1.807) is 29.2 Å². The summed E-state index contributed by atoms with van der Waals surface area (Å²) < 4.78 is 25.0. The van der Waals surface area contributed by atoms with Crippen LogP contribution in [-0.4, -0.2) is 53.1 Å². The van der Waals surface area contributed by atoms with Crippen molar-refractivity contribution in [3.8, 4) is 0 Å². The summed E-state index contributed by atoms with van der Waals surface area (Å²) in [7, 11) is -3.10. The summed E-state index contributed by atoms with van der Waals surface area (Å²) in [6.45, 7) is 4.58. The minimum atomic E-state index is -3.10. The predicted octanol–water partition coefficient (Wildman–Crippen LogP) is 1.46. The van der Waals surface area contributed by atoms with E-state index in [1.165, 1.54) is 4.68 Å². The third kappa shape index (κ3) is 3.38. The first-order valence-electron chi connectivity index (χ1n) is 8.89. The molecule has 0 saturated carbocycles. The van der Waals surface area contributed by atoms with Crippen molar-refractivity contribution in [3.63, 3.8) is 0 Å². The van der Waals surface area contributed by atoms with Crippen molar-refractivity contribution >= 4 is 26.5 Å². The zero-order chi connectivity index (χ0) is 18.9. The second-order valence-corrected chi connectivity index (χ2v) is 8.80. The lowest BCUT2D eigenvalue weighted by Gasteiger charge is -2.27. The number of rotatable bonds is 5. The Bertz CT molecular complexity index is 997. The monoisotopic (exact) mass is 377 g/mol. The fourth-order valence-corrected chi connectivity index (χ4v) is 5.21. The number of amides is 1. The summed E-state index contributed by atoms with van der Waals surface area (Å²) in [4.78, 5) is 27.3. The first-order valence-corrected chi connectivity index (χ1v) is 10.7. The zero-order valence-electron chi connectivity index (χ0n) is 15.0. The quantitative estimate of drug-likeness (QED) is 0.787. The molecule has 26 heavy (non-hydrogen) atoms. The molecule has 1 aromatic heterocycles. The Morgan fingerprint density at radius 2 is 1.96 bits per heavy atom. The molecule has 1 atom stereocenters. The minimum Gasteiger partial charge on any atom is -0.333 e. The van der Waals surface area contributed by atoms with Crippen LogP contribution in [0.2, 0.25) is 0 Å². The fraction of sp³-hybridized carbons (Fsp3) is 0.500. The molecule has 0 N–H and O–H groups in total. The molecule has 1 saturated heterocycles. The number of sulfone groups is 1. The van der Waals surface area contributed by atoms with Crippen LogP contribution in [0.5, 0.6) is 0 Å². The van der Waals surface area contributed by atoms with E-state index in [1.807, 2.05) is 13.8 Å². The van der Waals surface area contributed by atoms with E-state index in [4.69, 9.17) is 0 Å². The molecular formula is C18H23N3O4S. The predicted molar refractivity (Wildman–Crippen MR) is 100 cm³/mol. The molecule has 8 heteroatoms. The minimum absolute atomic E-state index is 0.0148. The van der Waals surface area contributed by atoms with E-state index in [9.17, 15) is 18.0 Å².